The zero-order valence-electron chi connectivity index (χ0n) is 31.3. The molecule has 16 nitrogen and oxygen atoms in total. The van der Waals surface area contributed by atoms with Gasteiger partial charge in [-0.05, 0) is 56.6 Å². The third kappa shape index (κ3) is 8.58. The lowest BCUT2D eigenvalue weighted by atomic mass is 9.87. The molecule has 0 radical (unpaired) electrons. The number of hydrogen-bond acceptors (Lipinski definition) is 11. The summed E-state index contributed by atoms with van der Waals surface area (Å²) in [5.41, 5.74) is -3.47. The highest BCUT2D eigenvalue weighted by Crippen LogP contribution is 2.48. The van der Waals surface area contributed by atoms with Gasteiger partial charge in [0.2, 0.25) is 33.4 Å². The van der Waals surface area contributed by atoms with Gasteiger partial charge in [0.25, 0.3) is 5.91 Å². The normalized spacial score (nSPS) is 29.5. The fraction of sp³-hybridized carbons (Fsp3) is 0.611. The van der Waals surface area contributed by atoms with E-state index in [1.165, 1.54) is 32.4 Å². The first kappa shape index (κ1) is 41.8. The average molecular weight is 829 g/mol. The Kier molecular flexibility index (Phi) is 11.6. The molecule has 21 heteroatoms. The fourth-order valence-electron chi connectivity index (χ4n) is 7.65. The van der Waals surface area contributed by atoms with Gasteiger partial charge in [-0.1, -0.05) is 19.1 Å². The van der Waals surface area contributed by atoms with Crippen molar-refractivity contribution in [2.75, 3.05) is 34.0 Å². The van der Waals surface area contributed by atoms with E-state index in [4.69, 9.17) is 14.2 Å². The SMILES string of the molecule is COC[C@@H]1C[C@H](C)CC/C=C\[C@@H]2C[C@@]2(C(=O)NS(=O)(=O)C2(CF)CC2)NC(=O)[C@@H]2C[C@@H](Oc3nc4cc(OC)ccc4nc3C(F)(F)F)CN2C(=O)[C@H]1NC(=O)O. The first-order valence-corrected chi connectivity index (χ1v) is 19.8. The van der Waals surface area contributed by atoms with Crippen LogP contribution in [0.1, 0.15) is 57.6 Å². The van der Waals surface area contributed by atoms with E-state index >= 15 is 0 Å². The number of benzene rings is 1. The van der Waals surface area contributed by atoms with Crippen LogP contribution in [0.5, 0.6) is 11.6 Å². The van der Waals surface area contributed by atoms with Crippen LogP contribution in [0.4, 0.5) is 22.4 Å². The van der Waals surface area contributed by atoms with E-state index in [2.05, 4.69) is 20.6 Å². The van der Waals surface area contributed by atoms with Crippen LogP contribution in [-0.2, 0) is 35.3 Å². The van der Waals surface area contributed by atoms with Crippen LogP contribution in [0.15, 0.2) is 30.4 Å². The Labute approximate surface area is 325 Å². The molecule has 1 aromatic heterocycles. The minimum absolute atomic E-state index is 0.00564. The maximum absolute atomic E-state index is 14.5. The number of aromatic nitrogens is 2. The summed E-state index contributed by atoms with van der Waals surface area (Å²) in [6, 6.07) is 0.957. The number of carbonyl (C=O) groups is 4. The van der Waals surface area contributed by atoms with Crippen molar-refractivity contribution in [1.29, 1.82) is 0 Å². The third-order valence-electron chi connectivity index (χ3n) is 11.1. The Balaban J connectivity index is 1.39. The molecule has 57 heavy (non-hydrogen) atoms. The summed E-state index contributed by atoms with van der Waals surface area (Å²) < 4.78 is 99.7. The van der Waals surface area contributed by atoms with Crippen molar-refractivity contribution in [1.82, 2.24) is 30.2 Å². The topological polar surface area (TPSA) is 215 Å². The van der Waals surface area contributed by atoms with Crippen molar-refractivity contribution in [3.63, 3.8) is 0 Å². The number of rotatable bonds is 10. The molecule has 0 unspecified atom stereocenters. The molecule has 1 aromatic carbocycles. The molecule has 2 aromatic rings. The zero-order chi connectivity index (χ0) is 41.5. The van der Waals surface area contributed by atoms with Gasteiger partial charge in [0, 0.05) is 31.4 Å². The number of ether oxygens (including phenoxy) is 3. The lowest BCUT2D eigenvalue weighted by Gasteiger charge is -2.33. The number of carboxylic acid groups (broad SMARTS) is 1. The molecule has 4 N–H and O–H groups in total. The Morgan fingerprint density at radius 1 is 1.12 bits per heavy atom. The maximum atomic E-state index is 14.5. The highest BCUT2D eigenvalue weighted by atomic mass is 32.2. The molecule has 3 heterocycles. The van der Waals surface area contributed by atoms with E-state index in [0.29, 0.717) is 12.8 Å². The Morgan fingerprint density at radius 3 is 2.49 bits per heavy atom. The Hall–Kier alpha value is -4.79. The standard InChI is InChI=1S/C36H44F4N6O10S/c1-19-6-4-5-7-21-15-35(21,32(49)45-57(52,53)34(18-37)10-11-34)44-29(47)26-14-23(16-46(26)31(48)27(43-33(50)51)20(12-19)17-54-2)56-30-28(36(38,39)40)41-24-9-8-22(55-3)13-25(24)42-30/h5,7-9,13,19-21,23,26-27,43H,4,6,10-12,14-18H2,1-3H3,(H,44,47)(H,45,49)(H,50,51)/b7-5-/t19-,20+,21-,23-,26+,27+,35-/m1/s1. The molecule has 0 bridgehead atoms. The number of methoxy groups -OCH3 is 2. The lowest BCUT2D eigenvalue weighted by Crippen LogP contribution is -2.60. The number of allylic oxidation sites excluding steroid dienone is 1. The van der Waals surface area contributed by atoms with Crippen LogP contribution < -0.4 is 24.8 Å². The van der Waals surface area contributed by atoms with Gasteiger partial charge in [0.15, 0.2) is 0 Å². The number of fused-ring (bicyclic) bond motifs is 3. The molecule has 2 aliphatic heterocycles. The minimum Gasteiger partial charge on any atom is -0.497 e. The van der Waals surface area contributed by atoms with E-state index in [1.54, 1.807) is 12.2 Å². The molecule has 4 aliphatic rings. The molecule has 7 atom stereocenters. The number of sulfonamides is 1. The molecular weight excluding hydrogens is 784 g/mol. The fourth-order valence-corrected chi connectivity index (χ4v) is 9.07. The highest BCUT2D eigenvalue weighted by molar-refractivity contribution is 7.91. The van der Waals surface area contributed by atoms with Gasteiger partial charge < -0.3 is 34.9 Å². The van der Waals surface area contributed by atoms with Gasteiger partial charge in [0.05, 0.1) is 31.3 Å². The molecule has 312 valence electrons. The van der Waals surface area contributed by atoms with Gasteiger partial charge in [0.1, 0.15) is 40.9 Å². The van der Waals surface area contributed by atoms with Crippen molar-refractivity contribution in [3.05, 3.63) is 36.0 Å². The van der Waals surface area contributed by atoms with Crippen LogP contribution >= 0.6 is 0 Å². The van der Waals surface area contributed by atoms with E-state index in [9.17, 15) is 50.3 Å². The molecule has 2 saturated carbocycles. The number of amides is 4. The minimum atomic E-state index is -5.05. The van der Waals surface area contributed by atoms with E-state index in [-0.39, 0.29) is 55.0 Å². The zero-order valence-corrected chi connectivity index (χ0v) is 32.1. The van der Waals surface area contributed by atoms with Crippen LogP contribution in [0.3, 0.4) is 0 Å². The molecule has 6 rings (SSSR count). The second-order valence-electron chi connectivity index (χ2n) is 15.2. The number of alkyl halides is 4. The monoisotopic (exact) mass is 828 g/mol. The van der Waals surface area contributed by atoms with Crippen molar-refractivity contribution in [3.8, 4) is 11.6 Å². The largest absolute Gasteiger partial charge is 0.497 e. The first-order chi connectivity index (χ1) is 26.9. The summed E-state index contributed by atoms with van der Waals surface area (Å²) in [6.45, 7) is 0.0564. The third-order valence-corrected chi connectivity index (χ3v) is 13.3. The quantitative estimate of drug-likeness (QED) is 0.201. The second-order valence-corrected chi connectivity index (χ2v) is 17.3. The highest BCUT2D eigenvalue weighted by Gasteiger charge is 2.64. The average Bonchev–Trinajstić information content (AvgIpc) is 4.05. The Morgan fingerprint density at radius 2 is 1.86 bits per heavy atom. The van der Waals surface area contributed by atoms with Crippen LogP contribution in [0.2, 0.25) is 0 Å². The first-order valence-electron chi connectivity index (χ1n) is 18.4. The van der Waals surface area contributed by atoms with Crippen LogP contribution in [-0.4, -0.2) is 115 Å². The number of nitrogens with zero attached hydrogens (tertiary/aromatic N) is 3. The molecular formula is C36H44F4N6O10S. The van der Waals surface area contributed by atoms with Gasteiger partial charge in [-0.25, -0.2) is 27.6 Å². The maximum Gasteiger partial charge on any atom is 0.438 e. The van der Waals surface area contributed by atoms with Crippen LogP contribution in [0, 0.1) is 17.8 Å². The lowest BCUT2D eigenvalue weighted by molar-refractivity contribution is -0.143. The summed E-state index contributed by atoms with van der Waals surface area (Å²) in [7, 11) is -1.79. The smallest absolute Gasteiger partial charge is 0.438 e. The van der Waals surface area contributed by atoms with Crippen molar-refractivity contribution >= 4 is 44.9 Å². The summed E-state index contributed by atoms with van der Waals surface area (Å²) in [6.07, 6.45) is -3.74. The van der Waals surface area contributed by atoms with E-state index < -0.39 is 112 Å². The number of hydrogen-bond donors (Lipinski definition) is 4. The molecule has 0 spiro atoms. The van der Waals surface area contributed by atoms with Crippen molar-refractivity contribution in [2.24, 2.45) is 17.8 Å². The molecule has 1 saturated heterocycles. The summed E-state index contributed by atoms with van der Waals surface area (Å²) >= 11 is 0. The number of halogens is 4. The molecule has 2 aliphatic carbocycles. The second kappa shape index (κ2) is 15.9. The number of carbonyl (C=O) groups excluding carboxylic acids is 3. The summed E-state index contributed by atoms with van der Waals surface area (Å²) in [4.78, 5) is 63.6. The molecule has 3 fully saturated rings. The van der Waals surface area contributed by atoms with E-state index in [0.717, 1.165) is 4.90 Å². The van der Waals surface area contributed by atoms with Gasteiger partial charge in [-0.2, -0.15) is 13.2 Å². The van der Waals surface area contributed by atoms with Crippen molar-refractivity contribution in [2.45, 2.75) is 86.5 Å². The van der Waals surface area contributed by atoms with Crippen molar-refractivity contribution < 1.29 is 64.5 Å². The summed E-state index contributed by atoms with van der Waals surface area (Å²) in [5.74, 6) is -5.28. The van der Waals surface area contributed by atoms with Crippen LogP contribution in [0.25, 0.3) is 11.0 Å². The predicted octanol–water partition coefficient (Wildman–Crippen LogP) is 3.10. The Bertz CT molecular complexity index is 2050. The van der Waals surface area contributed by atoms with Gasteiger partial charge in [-0.3, -0.25) is 19.1 Å². The van der Waals surface area contributed by atoms with Gasteiger partial charge >= 0.3 is 12.3 Å². The van der Waals surface area contributed by atoms with E-state index in [1.807, 2.05) is 11.6 Å². The predicted molar refractivity (Wildman–Crippen MR) is 192 cm³/mol. The number of nitrogens with one attached hydrogen (secondary N) is 3. The van der Waals surface area contributed by atoms with Gasteiger partial charge in [-0.15, -0.1) is 0 Å². The summed E-state index contributed by atoms with van der Waals surface area (Å²) in [5, 5.41) is 14.7. The molecule has 4 amide bonds.